The maximum atomic E-state index is 6.10. The lowest BCUT2D eigenvalue weighted by Gasteiger charge is -2.28. The number of anilines is 1. The summed E-state index contributed by atoms with van der Waals surface area (Å²) in [7, 11) is 0. The first-order valence-corrected chi connectivity index (χ1v) is 9.95. The Morgan fingerprint density at radius 1 is 1.00 bits per heavy atom. The molecule has 1 saturated heterocycles. The van der Waals surface area contributed by atoms with E-state index < -0.39 is 0 Å². The van der Waals surface area contributed by atoms with Gasteiger partial charge in [0.25, 0.3) is 0 Å². The first-order chi connectivity index (χ1) is 12.9. The Hall–Kier alpha value is -2.33. The van der Waals surface area contributed by atoms with Gasteiger partial charge in [-0.15, -0.1) is 0 Å². The molecule has 3 aromatic rings. The van der Waals surface area contributed by atoms with Crippen LogP contribution in [0.1, 0.15) is 46.1 Å². The molecule has 4 rings (SSSR count). The van der Waals surface area contributed by atoms with Gasteiger partial charge in [0, 0.05) is 24.5 Å². The lowest BCUT2D eigenvalue weighted by molar-refractivity contribution is -0.0599. The van der Waals surface area contributed by atoms with Crippen molar-refractivity contribution in [3.8, 4) is 5.69 Å². The molecule has 4 heteroatoms. The summed E-state index contributed by atoms with van der Waals surface area (Å²) < 4.78 is 8.27. The fourth-order valence-electron chi connectivity index (χ4n) is 4.07. The third-order valence-corrected chi connectivity index (χ3v) is 5.35. The minimum Gasteiger partial charge on any atom is -0.371 e. The van der Waals surface area contributed by atoms with Crippen LogP contribution in [0, 0.1) is 0 Å². The third kappa shape index (κ3) is 3.59. The molecule has 27 heavy (non-hydrogen) atoms. The first kappa shape index (κ1) is 18.1. The van der Waals surface area contributed by atoms with E-state index in [1.165, 1.54) is 18.5 Å². The molecule has 2 aromatic carbocycles. The molecule has 0 spiro atoms. The number of benzene rings is 2. The molecule has 0 amide bonds. The minimum atomic E-state index is -0.332. The van der Waals surface area contributed by atoms with Crippen LogP contribution in [0.5, 0.6) is 0 Å². The maximum Gasteiger partial charge on any atom is 0.100 e. The summed E-state index contributed by atoms with van der Waals surface area (Å²) in [4.78, 5) is 7.13. The van der Waals surface area contributed by atoms with Crippen LogP contribution in [-0.4, -0.2) is 28.7 Å². The van der Waals surface area contributed by atoms with Gasteiger partial charge in [-0.1, -0.05) is 12.1 Å². The van der Waals surface area contributed by atoms with Crippen molar-refractivity contribution in [2.75, 3.05) is 18.0 Å². The second kappa shape index (κ2) is 7.01. The number of rotatable bonds is 5. The number of fused-ring (bicyclic) bond motifs is 1. The smallest absolute Gasteiger partial charge is 0.100 e. The van der Waals surface area contributed by atoms with Crippen LogP contribution in [-0.2, 0) is 10.3 Å². The van der Waals surface area contributed by atoms with Gasteiger partial charge >= 0.3 is 0 Å². The predicted molar refractivity (Wildman–Crippen MR) is 112 cm³/mol. The Morgan fingerprint density at radius 3 is 2.48 bits per heavy atom. The van der Waals surface area contributed by atoms with Gasteiger partial charge in [-0.25, -0.2) is 4.98 Å². The van der Waals surface area contributed by atoms with Crippen molar-refractivity contribution in [3.63, 3.8) is 0 Å². The largest absolute Gasteiger partial charge is 0.371 e. The van der Waals surface area contributed by atoms with Crippen molar-refractivity contribution in [2.24, 2.45) is 0 Å². The van der Waals surface area contributed by atoms with Gasteiger partial charge < -0.3 is 9.64 Å². The molecule has 0 atom stereocenters. The van der Waals surface area contributed by atoms with E-state index in [0.717, 1.165) is 35.4 Å². The summed E-state index contributed by atoms with van der Waals surface area (Å²) in [5.41, 5.74) is 5.40. The van der Waals surface area contributed by atoms with E-state index in [-0.39, 0.29) is 11.7 Å². The molecule has 0 saturated carbocycles. The Kier molecular flexibility index (Phi) is 4.68. The van der Waals surface area contributed by atoms with E-state index in [1.807, 2.05) is 6.33 Å². The molecule has 4 nitrogen and oxygen atoms in total. The van der Waals surface area contributed by atoms with E-state index in [2.05, 4.69) is 84.6 Å². The van der Waals surface area contributed by atoms with Crippen molar-refractivity contribution in [2.45, 2.75) is 52.2 Å². The van der Waals surface area contributed by atoms with Crippen molar-refractivity contribution >= 4 is 16.7 Å². The van der Waals surface area contributed by atoms with Crippen molar-refractivity contribution in [1.29, 1.82) is 0 Å². The van der Waals surface area contributed by atoms with Crippen LogP contribution in [0.4, 0.5) is 5.69 Å². The highest BCUT2D eigenvalue weighted by molar-refractivity contribution is 5.78. The normalized spacial score (nSPS) is 15.2. The average Bonchev–Trinajstić information content (AvgIpc) is 3.30. The van der Waals surface area contributed by atoms with Crippen LogP contribution in [0.3, 0.4) is 0 Å². The van der Waals surface area contributed by atoms with Gasteiger partial charge in [-0.2, -0.15) is 0 Å². The zero-order valence-corrected chi connectivity index (χ0v) is 16.8. The molecular formula is C23H29N3O. The highest BCUT2D eigenvalue weighted by Crippen LogP contribution is 2.30. The summed E-state index contributed by atoms with van der Waals surface area (Å²) in [5.74, 6) is 0. The number of ether oxygens (including phenoxy) is 1. The molecule has 1 aromatic heterocycles. The Balaban J connectivity index is 1.69. The topological polar surface area (TPSA) is 30.3 Å². The zero-order valence-electron chi connectivity index (χ0n) is 16.8. The van der Waals surface area contributed by atoms with Crippen molar-refractivity contribution < 1.29 is 4.74 Å². The second-order valence-corrected chi connectivity index (χ2v) is 8.21. The minimum absolute atomic E-state index is 0.182. The van der Waals surface area contributed by atoms with Gasteiger partial charge in [0.2, 0.25) is 0 Å². The maximum absolute atomic E-state index is 6.10. The lowest BCUT2D eigenvalue weighted by Crippen LogP contribution is -2.25. The molecule has 2 heterocycles. The number of imidazole rings is 1. The molecule has 0 bridgehead atoms. The van der Waals surface area contributed by atoms with E-state index >= 15 is 0 Å². The summed E-state index contributed by atoms with van der Waals surface area (Å²) in [6.07, 6.45) is 4.68. The number of nitrogens with zero attached hydrogens (tertiary/aromatic N) is 3. The molecule has 0 radical (unpaired) electrons. The van der Waals surface area contributed by atoms with E-state index in [4.69, 9.17) is 4.74 Å². The Labute approximate surface area is 161 Å². The molecule has 0 unspecified atom stereocenters. The molecule has 1 aliphatic rings. The third-order valence-electron chi connectivity index (χ3n) is 5.35. The highest BCUT2D eigenvalue weighted by Gasteiger charge is 2.23. The second-order valence-electron chi connectivity index (χ2n) is 8.21. The summed E-state index contributed by atoms with van der Waals surface area (Å²) in [6.45, 7) is 10.7. The molecular weight excluding hydrogens is 334 g/mol. The van der Waals surface area contributed by atoms with Crippen molar-refractivity contribution in [3.05, 3.63) is 54.4 Å². The van der Waals surface area contributed by atoms with E-state index in [0.29, 0.717) is 0 Å². The Morgan fingerprint density at radius 2 is 1.74 bits per heavy atom. The molecule has 0 aliphatic carbocycles. The SMILES string of the molecule is CC(C)OC(C)(C)c1ccc2c(c1)ncn2-c1cccc(N2CCCC2)c1. The van der Waals surface area contributed by atoms with Crippen LogP contribution >= 0.6 is 0 Å². The van der Waals surface area contributed by atoms with Crippen LogP contribution in [0.25, 0.3) is 16.7 Å². The number of hydrogen-bond acceptors (Lipinski definition) is 3. The quantitative estimate of drug-likeness (QED) is 0.617. The van der Waals surface area contributed by atoms with Gasteiger partial charge in [-0.05, 0) is 76.4 Å². The average molecular weight is 364 g/mol. The van der Waals surface area contributed by atoms with Crippen LogP contribution in [0.2, 0.25) is 0 Å². The lowest BCUT2D eigenvalue weighted by atomic mass is 9.97. The first-order valence-electron chi connectivity index (χ1n) is 9.95. The van der Waals surface area contributed by atoms with Crippen LogP contribution in [0.15, 0.2) is 48.8 Å². The number of aromatic nitrogens is 2. The summed E-state index contributed by atoms with van der Waals surface area (Å²) in [6, 6.07) is 15.2. The molecule has 1 aliphatic heterocycles. The fourth-order valence-corrected chi connectivity index (χ4v) is 4.07. The summed E-state index contributed by atoms with van der Waals surface area (Å²) >= 11 is 0. The van der Waals surface area contributed by atoms with Gasteiger partial charge in [0.05, 0.1) is 22.7 Å². The Bertz CT molecular complexity index is 936. The van der Waals surface area contributed by atoms with E-state index in [9.17, 15) is 0 Å². The highest BCUT2D eigenvalue weighted by atomic mass is 16.5. The molecule has 0 N–H and O–H groups in total. The van der Waals surface area contributed by atoms with Gasteiger partial charge in [0.1, 0.15) is 6.33 Å². The van der Waals surface area contributed by atoms with E-state index in [1.54, 1.807) is 0 Å². The standard InChI is InChI=1S/C23H29N3O/c1-17(2)27-23(3,4)18-10-11-22-21(14-18)24-16-26(22)20-9-7-8-19(15-20)25-12-5-6-13-25/h7-11,14-17H,5-6,12-13H2,1-4H3. The van der Waals surface area contributed by atoms with Crippen molar-refractivity contribution in [1.82, 2.24) is 9.55 Å². The van der Waals surface area contributed by atoms with Gasteiger partial charge in [-0.3, -0.25) is 4.57 Å². The molecule has 1 fully saturated rings. The fraction of sp³-hybridized carbons (Fsp3) is 0.435. The molecule has 142 valence electrons. The zero-order chi connectivity index (χ0) is 19.0. The predicted octanol–water partition coefficient (Wildman–Crippen LogP) is 5.29. The number of hydrogen-bond donors (Lipinski definition) is 0. The monoisotopic (exact) mass is 363 g/mol. The summed E-state index contributed by atoms with van der Waals surface area (Å²) in [5, 5.41) is 0. The van der Waals surface area contributed by atoms with Crippen LogP contribution < -0.4 is 4.90 Å². The van der Waals surface area contributed by atoms with Gasteiger partial charge in [0.15, 0.2) is 0 Å².